The zero-order chi connectivity index (χ0) is 14.1. The molecule has 0 radical (unpaired) electrons. The molecule has 6 heteroatoms. The SMILES string of the molecule is Nc1cc(Br)cc(Oc2ccnc3cc(Br)cnc23)c1. The van der Waals surface area contributed by atoms with Crippen LogP contribution in [-0.2, 0) is 0 Å². The van der Waals surface area contributed by atoms with Crippen molar-refractivity contribution >= 4 is 48.6 Å². The van der Waals surface area contributed by atoms with Crippen molar-refractivity contribution in [3.05, 3.63) is 51.7 Å². The van der Waals surface area contributed by atoms with Crippen LogP contribution in [0.1, 0.15) is 0 Å². The number of benzene rings is 1. The molecule has 20 heavy (non-hydrogen) atoms. The molecule has 0 saturated heterocycles. The monoisotopic (exact) mass is 393 g/mol. The van der Waals surface area contributed by atoms with Crippen LogP contribution in [-0.4, -0.2) is 9.97 Å². The van der Waals surface area contributed by atoms with E-state index in [2.05, 4.69) is 41.8 Å². The molecule has 100 valence electrons. The van der Waals surface area contributed by atoms with E-state index in [0.717, 1.165) is 14.5 Å². The fourth-order valence-corrected chi connectivity index (χ4v) is 2.64. The van der Waals surface area contributed by atoms with Crippen molar-refractivity contribution < 1.29 is 4.74 Å². The molecule has 0 aliphatic carbocycles. The summed E-state index contributed by atoms with van der Waals surface area (Å²) in [6.07, 6.45) is 3.40. The second-order valence-electron chi connectivity index (χ2n) is 4.15. The average molecular weight is 395 g/mol. The predicted molar refractivity (Wildman–Crippen MR) is 85.9 cm³/mol. The molecule has 4 nitrogen and oxygen atoms in total. The van der Waals surface area contributed by atoms with E-state index in [0.29, 0.717) is 22.7 Å². The number of nitrogen functional groups attached to an aromatic ring is 1. The number of fused-ring (bicyclic) bond motifs is 1. The van der Waals surface area contributed by atoms with Gasteiger partial charge in [0.25, 0.3) is 0 Å². The molecule has 3 rings (SSSR count). The molecule has 0 aliphatic heterocycles. The van der Waals surface area contributed by atoms with Crippen LogP contribution in [0.2, 0.25) is 0 Å². The van der Waals surface area contributed by atoms with E-state index >= 15 is 0 Å². The Morgan fingerprint density at radius 1 is 1.00 bits per heavy atom. The number of aromatic nitrogens is 2. The Bertz CT molecular complexity index is 772. The lowest BCUT2D eigenvalue weighted by atomic mass is 10.3. The Hall–Kier alpha value is -1.66. The zero-order valence-electron chi connectivity index (χ0n) is 10.2. The van der Waals surface area contributed by atoms with Gasteiger partial charge in [0.1, 0.15) is 11.3 Å². The van der Waals surface area contributed by atoms with Crippen molar-refractivity contribution in [1.29, 1.82) is 0 Å². The number of halogens is 2. The van der Waals surface area contributed by atoms with Crippen LogP contribution in [0.15, 0.2) is 51.7 Å². The van der Waals surface area contributed by atoms with E-state index in [1.165, 1.54) is 0 Å². The van der Waals surface area contributed by atoms with E-state index in [9.17, 15) is 0 Å². The maximum absolute atomic E-state index is 5.87. The first kappa shape index (κ1) is 13.3. The van der Waals surface area contributed by atoms with Gasteiger partial charge in [0.15, 0.2) is 5.75 Å². The number of nitrogens with zero attached hydrogens (tertiary/aromatic N) is 2. The van der Waals surface area contributed by atoms with Gasteiger partial charge in [-0.3, -0.25) is 4.98 Å². The molecule has 3 aromatic rings. The third-order valence-electron chi connectivity index (χ3n) is 2.63. The fraction of sp³-hybridized carbons (Fsp3) is 0. The molecule has 0 saturated carbocycles. The van der Waals surface area contributed by atoms with Gasteiger partial charge < -0.3 is 10.5 Å². The first-order chi connectivity index (χ1) is 9.61. The number of anilines is 1. The van der Waals surface area contributed by atoms with Crippen molar-refractivity contribution in [3.63, 3.8) is 0 Å². The summed E-state index contributed by atoms with van der Waals surface area (Å²) in [6, 6.07) is 9.09. The van der Waals surface area contributed by atoms with E-state index in [-0.39, 0.29) is 0 Å². The highest BCUT2D eigenvalue weighted by atomic mass is 79.9. The van der Waals surface area contributed by atoms with Crippen LogP contribution in [0.5, 0.6) is 11.5 Å². The largest absolute Gasteiger partial charge is 0.455 e. The Morgan fingerprint density at radius 2 is 1.85 bits per heavy atom. The van der Waals surface area contributed by atoms with Crippen LogP contribution in [0.4, 0.5) is 5.69 Å². The molecule has 2 aromatic heterocycles. The summed E-state index contributed by atoms with van der Waals surface area (Å²) < 4.78 is 7.60. The standard InChI is InChI=1S/C14H9Br2N3O/c15-8-3-10(17)6-11(4-8)20-13-1-2-18-12-5-9(16)7-19-14(12)13/h1-7H,17H2. The predicted octanol–water partition coefficient (Wildman–Crippen LogP) is 4.53. The summed E-state index contributed by atoms with van der Waals surface area (Å²) in [6.45, 7) is 0. The van der Waals surface area contributed by atoms with E-state index in [1.54, 1.807) is 24.5 Å². The summed E-state index contributed by atoms with van der Waals surface area (Å²) in [4.78, 5) is 8.62. The molecular weight excluding hydrogens is 386 g/mol. The Balaban J connectivity index is 2.06. The second-order valence-corrected chi connectivity index (χ2v) is 5.98. The van der Waals surface area contributed by atoms with Gasteiger partial charge in [-0.25, -0.2) is 4.98 Å². The normalized spacial score (nSPS) is 10.7. The number of hydrogen-bond acceptors (Lipinski definition) is 4. The Labute approximate surface area is 132 Å². The third-order valence-corrected chi connectivity index (χ3v) is 3.52. The maximum Gasteiger partial charge on any atom is 0.156 e. The van der Waals surface area contributed by atoms with Crippen LogP contribution in [0.3, 0.4) is 0 Å². The lowest BCUT2D eigenvalue weighted by Crippen LogP contribution is -1.92. The lowest BCUT2D eigenvalue weighted by molar-refractivity contribution is 0.486. The van der Waals surface area contributed by atoms with Crippen LogP contribution in [0, 0.1) is 0 Å². The molecule has 2 heterocycles. The molecule has 0 spiro atoms. The summed E-state index contributed by atoms with van der Waals surface area (Å²) in [5.41, 5.74) is 7.90. The average Bonchev–Trinajstić information content (AvgIpc) is 2.37. The Kier molecular flexibility index (Phi) is 3.58. The fourth-order valence-electron chi connectivity index (χ4n) is 1.83. The molecule has 0 fully saturated rings. The van der Waals surface area contributed by atoms with E-state index in [4.69, 9.17) is 10.5 Å². The van der Waals surface area contributed by atoms with Crippen molar-refractivity contribution in [2.24, 2.45) is 0 Å². The third kappa shape index (κ3) is 2.76. The minimum atomic E-state index is 0.628. The van der Waals surface area contributed by atoms with Crippen molar-refractivity contribution in [3.8, 4) is 11.5 Å². The lowest BCUT2D eigenvalue weighted by Gasteiger charge is -2.09. The highest BCUT2D eigenvalue weighted by molar-refractivity contribution is 9.10. The van der Waals surface area contributed by atoms with Gasteiger partial charge in [0.2, 0.25) is 0 Å². The van der Waals surface area contributed by atoms with Gasteiger partial charge >= 0.3 is 0 Å². The molecular formula is C14H9Br2N3O. The van der Waals surface area contributed by atoms with Crippen molar-refractivity contribution in [2.75, 3.05) is 5.73 Å². The minimum absolute atomic E-state index is 0.628. The zero-order valence-corrected chi connectivity index (χ0v) is 13.3. The van der Waals surface area contributed by atoms with Crippen molar-refractivity contribution in [1.82, 2.24) is 9.97 Å². The summed E-state index contributed by atoms with van der Waals surface area (Å²) in [5, 5.41) is 0. The molecule has 1 aromatic carbocycles. The van der Waals surface area contributed by atoms with E-state index < -0.39 is 0 Å². The van der Waals surface area contributed by atoms with Crippen molar-refractivity contribution in [2.45, 2.75) is 0 Å². The second kappa shape index (κ2) is 5.38. The quantitative estimate of drug-likeness (QED) is 0.648. The maximum atomic E-state index is 5.87. The van der Waals surface area contributed by atoms with Gasteiger partial charge in [-0.15, -0.1) is 0 Å². The first-order valence-corrected chi connectivity index (χ1v) is 7.34. The number of ether oxygens (including phenoxy) is 1. The molecule has 0 atom stereocenters. The van der Waals surface area contributed by atoms with Gasteiger partial charge in [0.05, 0.1) is 5.52 Å². The smallest absolute Gasteiger partial charge is 0.156 e. The van der Waals surface area contributed by atoms with Crippen LogP contribution in [0.25, 0.3) is 11.0 Å². The molecule has 0 amide bonds. The number of pyridine rings is 2. The molecule has 2 N–H and O–H groups in total. The molecule has 0 unspecified atom stereocenters. The number of hydrogen-bond donors (Lipinski definition) is 1. The molecule has 0 aliphatic rings. The van der Waals surface area contributed by atoms with Gasteiger partial charge in [-0.2, -0.15) is 0 Å². The highest BCUT2D eigenvalue weighted by Gasteiger charge is 2.07. The summed E-state index contributed by atoms with van der Waals surface area (Å²) >= 11 is 6.77. The highest BCUT2D eigenvalue weighted by Crippen LogP contribution is 2.31. The number of rotatable bonds is 2. The Morgan fingerprint density at radius 3 is 2.65 bits per heavy atom. The number of nitrogens with two attached hydrogens (primary N) is 1. The van der Waals surface area contributed by atoms with Gasteiger partial charge in [-0.05, 0) is 34.1 Å². The van der Waals surface area contributed by atoms with Crippen LogP contribution >= 0.6 is 31.9 Å². The van der Waals surface area contributed by atoms with Gasteiger partial charge in [-0.1, -0.05) is 15.9 Å². The van der Waals surface area contributed by atoms with Crippen LogP contribution < -0.4 is 10.5 Å². The topological polar surface area (TPSA) is 61.0 Å². The first-order valence-electron chi connectivity index (χ1n) is 5.76. The minimum Gasteiger partial charge on any atom is -0.455 e. The summed E-state index contributed by atoms with van der Waals surface area (Å²) in [7, 11) is 0. The summed E-state index contributed by atoms with van der Waals surface area (Å²) in [5.74, 6) is 1.29. The van der Waals surface area contributed by atoms with Gasteiger partial charge in [0, 0.05) is 39.2 Å². The van der Waals surface area contributed by atoms with E-state index in [1.807, 2.05) is 18.2 Å². The molecule has 0 bridgehead atoms.